The fraction of sp³-hybridized carbons (Fsp3) is 0.833. The zero-order chi connectivity index (χ0) is 8.69. The van der Waals surface area contributed by atoms with Gasteiger partial charge in [-0.25, -0.2) is 0 Å². The summed E-state index contributed by atoms with van der Waals surface area (Å²) < 4.78 is 15.5. The number of rotatable bonds is 6. The third kappa shape index (κ3) is 6.10. The van der Waals surface area contributed by atoms with Crippen molar-refractivity contribution in [1.82, 2.24) is 0 Å². The maximum Gasteiger partial charge on any atom is 0.508 e. The Bertz CT molecular complexity index is 149. The molecule has 0 aromatic rings. The molecule has 1 unspecified atom stereocenters. The Hall–Kier alpha value is -0.310. The normalized spacial score (nSPS) is 11.3. The summed E-state index contributed by atoms with van der Waals surface area (Å²) in [7, 11) is -1.65. The number of nitrogens with two attached hydrogens (primary N) is 1. The van der Waals surface area contributed by atoms with Crippen molar-refractivity contribution in [3.8, 4) is 0 Å². The van der Waals surface area contributed by atoms with Gasteiger partial charge in [0.1, 0.15) is 0 Å². The minimum Gasteiger partial charge on any atom is -0.324 e. The Morgan fingerprint density at radius 1 is 1.64 bits per heavy atom. The summed E-state index contributed by atoms with van der Waals surface area (Å²) in [4.78, 5) is 10.5. The van der Waals surface area contributed by atoms with Crippen molar-refractivity contribution in [2.24, 2.45) is 5.73 Å². The maximum absolute atomic E-state index is 10.8. The summed E-state index contributed by atoms with van der Waals surface area (Å²) in [5, 5.41) is 0. The summed E-state index contributed by atoms with van der Waals surface area (Å²) >= 11 is 0. The number of hydrogen-bond acceptors (Lipinski definition) is 4. The average molecular weight is 178 g/mol. The summed E-state index contributed by atoms with van der Waals surface area (Å²) in [5.74, 6) is -0.218. The lowest BCUT2D eigenvalue weighted by molar-refractivity contribution is -0.119. The van der Waals surface area contributed by atoms with Crippen LogP contribution in [0.25, 0.3) is 0 Å². The van der Waals surface area contributed by atoms with Gasteiger partial charge in [-0.2, -0.15) is 0 Å². The van der Waals surface area contributed by atoms with Crippen molar-refractivity contribution in [3.63, 3.8) is 0 Å². The lowest BCUT2D eigenvalue weighted by atomic mass is 10.4. The van der Waals surface area contributed by atoms with Gasteiger partial charge in [-0.15, -0.1) is 4.52 Å². The lowest BCUT2D eigenvalue weighted by Crippen LogP contribution is -2.17. The van der Waals surface area contributed by atoms with E-state index in [9.17, 15) is 9.36 Å². The maximum atomic E-state index is 10.8. The highest BCUT2D eigenvalue weighted by atomic mass is 31.1. The van der Waals surface area contributed by atoms with Crippen molar-refractivity contribution in [2.45, 2.75) is 13.3 Å². The SMILES string of the molecule is CCC[P+](=O)OCC(=O)CN. The van der Waals surface area contributed by atoms with Crippen LogP contribution in [0.2, 0.25) is 0 Å². The fourth-order valence-corrected chi connectivity index (χ4v) is 1.23. The van der Waals surface area contributed by atoms with E-state index in [0.717, 1.165) is 6.42 Å². The standard InChI is InChI=1S/C6H13NO3P/c1-2-3-11(9)10-5-6(8)4-7/h2-5,7H2,1H3/q+1. The van der Waals surface area contributed by atoms with Crippen molar-refractivity contribution >= 4 is 13.8 Å². The molecule has 64 valence electrons. The molecule has 0 rings (SSSR count). The van der Waals surface area contributed by atoms with Crippen LogP contribution >= 0.6 is 8.03 Å². The molecule has 0 aliphatic heterocycles. The first kappa shape index (κ1) is 10.7. The zero-order valence-corrected chi connectivity index (χ0v) is 7.47. The molecule has 0 amide bonds. The molecule has 11 heavy (non-hydrogen) atoms. The van der Waals surface area contributed by atoms with E-state index in [4.69, 9.17) is 10.3 Å². The first-order valence-corrected chi connectivity index (χ1v) is 4.86. The van der Waals surface area contributed by atoms with Gasteiger partial charge in [-0.05, 0) is 11.0 Å². The van der Waals surface area contributed by atoms with Gasteiger partial charge >= 0.3 is 8.03 Å². The molecule has 0 aliphatic carbocycles. The molecular weight excluding hydrogens is 165 g/mol. The Morgan fingerprint density at radius 2 is 2.27 bits per heavy atom. The van der Waals surface area contributed by atoms with E-state index in [-0.39, 0.29) is 18.9 Å². The van der Waals surface area contributed by atoms with E-state index < -0.39 is 8.03 Å². The van der Waals surface area contributed by atoms with Crippen LogP contribution in [0, 0.1) is 0 Å². The summed E-state index contributed by atoms with van der Waals surface area (Å²) in [5.41, 5.74) is 5.01. The Balaban J connectivity index is 3.38. The highest BCUT2D eigenvalue weighted by Crippen LogP contribution is 2.21. The molecule has 0 saturated carbocycles. The molecule has 0 aliphatic rings. The molecule has 0 saturated heterocycles. The third-order valence-corrected chi connectivity index (χ3v) is 2.23. The fourth-order valence-electron chi connectivity index (χ4n) is 0.450. The van der Waals surface area contributed by atoms with E-state index in [1.807, 2.05) is 6.92 Å². The van der Waals surface area contributed by atoms with Crippen LogP contribution in [0.4, 0.5) is 0 Å². The molecule has 0 fully saturated rings. The molecule has 4 nitrogen and oxygen atoms in total. The molecule has 0 aromatic heterocycles. The molecule has 0 aromatic carbocycles. The van der Waals surface area contributed by atoms with Gasteiger partial charge < -0.3 is 5.73 Å². The van der Waals surface area contributed by atoms with Crippen molar-refractivity contribution < 1.29 is 13.9 Å². The third-order valence-electron chi connectivity index (χ3n) is 1.00. The van der Waals surface area contributed by atoms with Crippen LogP contribution in [-0.2, 0) is 13.9 Å². The van der Waals surface area contributed by atoms with Crippen LogP contribution in [0.15, 0.2) is 0 Å². The molecular formula is C6H13NO3P+. The average Bonchev–Trinajstić information content (AvgIpc) is 2.01. The number of carbonyl (C=O) groups excluding carboxylic acids is 1. The number of ketones is 1. The van der Waals surface area contributed by atoms with Crippen LogP contribution in [-0.4, -0.2) is 25.1 Å². The van der Waals surface area contributed by atoms with Crippen LogP contribution in [0.3, 0.4) is 0 Å². The van der Waals surface area contributed by atoms with Gasteiger partial charge in [0, 0.05) is 0 Å². The number of Topliss-reactive ketones (excluding diaryl/α,β-unsaturated/α-hetero) is 1. The van der Waals surface area contributed by atoms with Crippen molar-refractivity contribution in [1.29, 1.82) is 0 Å². The molecule has 1 atom stereocenters. The second-order valence-corrected chi connectivity index (χ2v) is 3.44. The minimum absolute atomic E-state index is 0.0463. The summed E-state index contributed by atoms with van der Waals surface area (Å²) in [6.45, 7) is 1.74. The Morgan fingerprint density at radius 3 is 2.73 bits per heavy atom. The van der Waals surface area contributed by atoms with Crippen molar-refractivity contribution in [2.75, 3.05) is 19.3 Å². The second kappa shape index (κ2) is 6.40. The highest BCUT2D eigenvalue weighted by molar-refractivity contribution is 7.39. The zero-order valence-electron chi connectivity index (χ0n) is 6.58. The van der Waals surface area contributed by atoms with Crippen LogP contribution in [0.1, 0.15) is 13.3 Å². The summed E-state index contributed by atoms with van der Waals surface area (Å²) in [6, 6.07) is 0. The number of carbonyl (C=O) groups is 1. The van der Waals surface area contributed by atoms with E-state index >= 15 is 0 Å². The molecule has 5 heteroatoms. The van der Waals surface area contributed by atoms with Crippen LogP contribution in [0.5, 0.6) is 0 Å². The summed E-state index contributed by atoms with van der Waals surface area (Å²) in [6.07, 6.45) is 1.30. The molecule has 0 radical (unpaired) electrons. The van der Waals surface area contributed by atoms with Crippen LogP contribution < -0.4 is 5.73 Å². The highest BCUT2D eigenvalue weighted by Gasteiger charge is 2.16. The predicted molar refractivity (Wildman–Crippen MR) is 42.8 cm³/mol. The Kier molecular flexibility index (Phi) is 6.22. The number of hydrogen-bond donors (Lipinski definition) is 1. The smallest absolute Gasteiger partial charge is 0.324 e. The largest absolute Gasteiger partial charge is 0.508 e. The first-order chi connectivity index (χ1) is 5.20. The molecule has 2 N–H and O–H groups in total. The lowest BCUT2D eigenvalue weighted by Gasteiger charge is -1.88. The topological polar surface area (TPSA) is 69.4 Å². The molecule has 0 heterocycles. The van der Waals surface area contributed by atoms with E-state index in [1.165, 1.54) is 0 Å². The van der Waals surface area contributed by atoms with E-state index in [0.29, 0.717) is 6.16 Å². The Labute approximate surface area is 67.0 Å². The molecule has 0 spiro atoms. The monoisotopic (exact) mass is 178 g/mol. The van der Waals surface area contributed by atoms with Gasteiger partial charge in [-0.1, -0.05) is 6.92 Å². The van der Waals surface area contributed by atoms with Gasteiger partial charge in [0.05, 0.1) is 6.54 Å². The van der Waals surface area contributed by atoms with E-state index in [2.05, 4.69) is 0 Å². The van der Waals surface area contributed by atoms with Gasteiger partial charge in [0.15, 0.2) is 18.6 Å². The van der Waals surface area contributed by atoms with Crippen molar-refractivity contribution in [3.05, 3.63) is 0 Å². The van der Waals surface area contributed by atoms with E-state index in [1.54, 1.807) is 0 Å². The molecule has 0 bridgehead atoms. The minimum atomic E-state index is -1.65. The predicted octanol–water partition coefficient (Wildman–Crippen LogP) is 0.683. The quantitative estimate of drug-likeness (QED) is 0.607. The van der Waals surface area contributed by atoms with Gasteiger partial charge in [0.2, 0.25) is 0 Å². The first-order valence-electron chi connectivity index (χ1n) is 3.50. The van der Waals surface area contributed by atoms with Gasteiger partial charge in [0.25, 0.3) is 0 Å². The second-order valence-electron chi connectivity index (χ2n) is 2.07. The van der Waals surface area contributed by atoms with Gasteiger partial charge in [-0.3, -0.25) is 4.79 Å².